The fraction of sp³-hybridized carbons (Fsp3) is 0.222. The van der Waals surface area contributed by atoms with Crippen LogP contribution in [0.5, 0.6) is 0 Å². The Kier molecular flexibility index (Phi) is 3.41. The van der Waals surface area contributed by atoms with Crippen LogP contribution in [0.15, 0.2) is 28.0 Å². The summed E-state index contributed by atoms with van der Waals surface area (Å²) in [7, 11) is -3.30. The Morgan fingerprint density at radius 3 is 2.40 bits per heavy atom. The van der Waals surface area contributed by atoms with Crippen molar-refractivity contribution >= 4 is 27.6 Å². The molecule has 4 nitrogen and oxygen atoms in total. The van der Waals surface area contributed by atoms with Gasteiger partial charge in [-0.25, -0.2) is 13.2 Å². The molecule has 0 unspecified atom stereocenters. The third kappa shape index (κ3) is 2.73. The van der Waals surface area contributed by atoms with E-state index in [1.165, 1.54) is 30.0 Å². The summed E-state index contributed by atoms with van der Waals surface area (Å²) in [4.78, 5) is 11.3. The summed E-state index contributed by atoms with van der Waals surface area (Å²) in [6, 6.07) is 3.98. The fourth-order valence-corrected chi connectivity index (χ4v) is 3.06. The second kappa shape index (κ2) is 4.24. The van der Waals surface area contributed by atoms with E-state index in [1.54, 1.807) is 6.26 Å². The number of hydrogen-bond acceptors (Lipinski definition) is 4. The van der Waals surface area contributed by atoms with Crippen molar-refractivity contribution in [3.05, 3.63) is 23.8 Å². The molecule has 1 aromatic rings. The zero-order valence-corrected chi connectivity index (χ0v) is 9.85. The van der Waals surface area contributed by atoms with Crippen LogP contribution in [0.4, 0.5) is 0 Å². The molecular weight excluding hydrogens is 236 g/mol. The number of carbonyl (C=O) groups is 1. The lowest BCUT2D eigenvalue weighted by Gasteiger charge is -2.05. The summed E-state index contributed by atoms with van der Waals surface area (Å²) in [5.41, 5.74) is 0.0896. The molecule has 0 saturated carbocycles. The molecule has 0 amide bonds. The Morgan fingerprint density at radius 1 is 1.40 bits per heavy atom. The van der Waals surface area contributed by atoms with Gasteiger partial charge in [0.15, 0.2) is 9.84 Å². The lowest BCUT2D eigenvalue weighted by molar-refractivity contribution is 0.0696. The lowest BCUT2D eigenvalue weighted by Crippen LogP contribution is -2.02. The van der Waals surface area contributed by atoms with Crippen molar-refractivity contribution in [2.24, 2.45) is 0 Å². The molecule has 1 rings (SSSR count). The van der Waals surface area contributed by atoms with Crippen LogP contribution in [0.25, 0.3) is 0 Å². The smallest absolute Gasteiger partial charge is 0.335 e. The van der Waals surface area contributed by atoms with Crippen LogP contribution >= 0.6 is 11.8 Å². The van der Waals surface area contributed by atoms with Crippen LogP contribution < -0.4 is 0 Å². The first kappa shape index (κ1) is 12.1. The van der Waals surface area contributed by atoms with Crippen LogP contribution in [0, 0.1) is 0 Å². The van der Waals surface area contributed by atoms with E-state index in [1.807, 2.05) is 0 Å². The van der Waals surface area contributed by atoms with Crippen molar-refractivity contribution in [1.29, 1.82) is 0 Å². The monoisotopic (exact) mass is 246 g/mol. The lowest BCUT2D eigenvalue weighted by atomic mass is 10.2. The number of benzene rings is 1. The van der Waals surface area contributed by atoms with Gasteiger partial charge in [-0.2, -0.15) is 0 Å². The van der Waals surface area contributed by atoms with Gasteiger partial charge in [-0.3, -0.25) is 0 Å². The Balaban J connectivity index is 3.40. The molecule has 0 aliphatic carbocycles. The molecule has 0 heterocycles. The Labute approximate surface area is 92.2 Å². The van der Waals surface area contributed by atoms with E-state index >= 15 is 0 Å². The van der Waals surface area contributed by atoms with Crippen LogP contribution in [-0.2, 0) is 9.84 Å². The number of carboxylic acids is 1. The molecule has 15 heavy (non-hydrogen) atoms. The number of thioether (sulfide) groups is 1. The number of aromatic carboxylic acids is 1. The average Bonchev–Trinajstić information content (AvgIpc) is 2.15. The Morgan fingerprint density at radius 2 is 2.00 bits per heavy atom. The van der Waals surface area contributed by atoms with E-state index in [9.17, 15) is 13.2 Å². The predicted octanol–water partition coefficient (Wildman–Crippen LogP) is 1.51. The molecule has 0 aliphatic rings. The average molecular weight is 246 g/mol. The predicted molar refractivity (Wildman–Crippen MR) is 58.3 cm³/mol. The van der Waals surface area contributed by atoms with E-state index in [4.69, 9.17) is 5.11 Å². The molecule has 0 spiro atoms. The summed E-state index contributed by atoms with van der Waals surface area (Å²) < 4.78 is 22.7. The first-order valence-electron chi connectivity index (χ1n) is 3.97. The molecule has 6 heteroatoms. The van der Waals surface area contributed by atoms with Gasteiger partial charge in [-0.15, -0.1) is 11.8 Å². The van der Waals surface area contributed by atoms with Crippen molar-refractivity contribution < 1.29 is 18.3 Å². The van der Waals surface area contributed by atoms with Gasteiger partial charge in [-0.05, 0) is 24.5 Å². The summed E-state index contributed by atoms with van der Waals surface area (Å²) in [5.74, 6) is -1.06. The highest BCUT2D eigenvalue weighted by atomic mass is 32.2. The van der Waals surface area contributed by atoms with Gasteiger partial charge in [0.2, 0.25) is 0 Å². The molecule has 0 aliphatic heterocycles. The van der Waals surface area contributed by atoms with Gasteiger partial charge in [0.25, 0.3) is 0 Å². The van der Waals surface area contributed by atoms with E-state index in [-0.39, 0.29) is 10.5 Å². The minimum atomic E-state index is -3.30. The number of hydrogen-bond donors (Lipinski definition) is 1. The maximum atomic E-state index is 11.3. The third-order valence-corrected chi connectivity index (χ3v) is 3.87. The maximum Gasteiger partial charge on any atom is 0.335 e. The Hall–Kier alpha value is -1.01. The van der Waals surface area contributed by atoms with Crippen molar-refractivity contribution in [2.75, 3.05) is 12.5 Å². The molecule has 0 fully saturated rings. The van der Waals surface area contributed by atoms with Gasteiger partial charge in [0.05, 0.1) is 10.5 Å². The normalized spacial score (nSPS) is 11.3. The molecule has 0 radical (unpaired) electrons. The van der Waals surface area contributed by atoms with Gasteiger partial charge < -0.3 is 5.11 Å². The quantitative estimate of drug-likeness (QED) is 0.818. The standard InChI is InChI=1S/C9H10O4S2/c1-14-7-5-6(9(10)11)3-4-8(7)15(2,12)13/h3-5H,1-2H3,(H,10,11). The topological polar surface area (TPSA) is 71.4 Å². The minimum absolute atomic E-state index is 0.0896. The molecular formula is C9H10O4S2. The zero-order chi connectivity index (χ0) is 11.6. The molecule has 82 valence electrons. The highest BCUT2D eigenvalue weighted by Crippen LogP contribution is 2.25. The molecule has 0 atom stereocenters. The summed E-state index contributed by atoms with van der Waals surface area (Å²) in [6.45, 7) is 0. The van der Waals surface area contributed by atoms with Crippen molar-refractivity contribution in [1.82, 2.24) is 0 Å². The van der Waals surface area contributed by atoms with Crippen molar-refractivity contribution in [2.45, 2.75) is 9.79 Å². The largest absolute Gasteiger partial charge is 0.478 e. The molecule has 1 aromatic carbocycles. The van der Waals surface area contributed by atoms with Gasteiger partial charge in [0, 0.05) is 11.2 Å². The van der Waals surface area contributed by atoms with E-state index in [2.05, 4.69) is 0 Å². The van der Waals surface area contributed by atoms with Gasteiger partial charge in [-0.1, -0.05) is 0 Å². The van der Waals surface area contributed by atoms with Crippen LogP contribution in [-0.4, -0.2) is 32.0 Å². The van der Waals surface area contributed by atoms with Crippen LogP contribution in [0.1, 0.15) is 10.4 Å². The van der Waals surface area contributed by atoms with Crippen LogP contribution in [0.3, 0.4) is 0 Å². The van der Waals surface area contributed by atoms with Gasteiger partial charge in [0.1, 0.15) is 0 Å². The van der Waals surface area contributed by atoms with E-state index in [0.29, 0.717) is 4.90 Å². The second-order valence-electron chi connectivity index (χ2n) is 2.94. The SMILES string of the molecule is CSc1cc(C(=O)O)ccc1S(C)(=O)=O. The first-order chi connectivity index (χ1) is 6.86. The second-order valence-corrected chi connectivity index (χ2v) is 5.78. The van der Waals surface area contributed by atoms with E-state index in [0.717, 1.165) is 6.26 Å². The molecule has 1 N–H and O–H groups in total. The van der Waals surface area contributed by atoms with Crippen molar-refractivity contribution in [3.63, 3.8) is 0 Å². The summed E-state index contributed by atoms with van der Waals surface area (Å²) >= 11 is 1.21. The molecule has 0 aromatic heterocycles. The Bertz CT molecular complexity index is 491. The first-order valence-corrected chi connectivity index (χ1v) is 7.09. The molecule has 0 saturated heterocycles. The van der Waals surface area contributed by atoms with Crippen molar-refractivity contribution in [3.8, 4) is 0 Å². The number of sulfone groups is 1. The third-order valence-electron chi connectivity index (χ3n) is 1.81. The summed E-state index contributed by atoms with van der Waals surface area (Å²) in [6.07, 6.45) is 2.80. The van der Waals surface area contributed by atoms with Crippen LogP contribution in [0.2, 0.25) is 0 Å². The minimum Gasteiger partial charge on any atom is -0.478 e. The number of carboxylic acid groups (broad SMARTS) is 1. The zero-order valence-electron chi connectivity index (χ0n) is 8.22. The molecule has 0 bridgehead atoms. The maximum absolute atomic E-state index is 11.3. The summed E-state index contributed by atoms with van der Waals surface area (Å²) in [5, 5.41) is 8.74. The fourth-order valence-electron chi connectivity index (χ4n) is 1.11. The van der Waals surface area contributed by atoms with Gasteiger partial charge >= 0.3 is 5.97 Å². The highest BCUT2D eigenvalue weighted by Gasteiger charge is 2.14. The highest BCUT2D eigenvalue weighted by molar-refractivity contribution is 7.99. The van der Waals surface area contributed by atoms with E-state index < -0.39 is 15.8 Å². The number of rotatable bonds is 3.